The van der Waals surface area contributed by atoms with E-state index in [-0.39, 0.29) is 11.7 Å². The lowest BCUT2D eigenvalue weighted by atomic mass is 9.98. The molecule has 0 radical (unpaired) electrons. The number of imidazole rings is 1. The molecule has 4 heterocycles. The van der Waals surface area contributed by atoms with Crippen molar-refractivity contribution < 1.29 is 4.74 Å². The highest BCUT2D eigenvalue weighted by Gasteiger charge is 2.37. The van der Waals surface area contributed by atoms with Gasteiger partial charge in [0.1, 0.15) is 5.60 Å². The van der Waals surface area contributed by atoms with Gasteiger partial charge in [0.2, 0.25) is 0 Å². The highest BCUT2D eigenvalue weighted by atomic mass is 35.5. The van der Waals surface area contributed by atoms with Gasteiger partial charge in [0.25, 0.3) is 0 Å². The van der Waals surface area contributed by atoms with Crippen molar-refractivity contribution in [3.05, 3.63) is 87.6 Å². The third-order valence-electron chi connectivity index (χ3n) is 7.21. The van der Waals surface area contributed by atoms with E-state index in [1.165, 1.54) is 0 Å². The number of benzene rings is 2. The largest absolute Gasteiger partial charge is 0.363 e. The van der Waals surface area contributed by atoms with Gasteiger partial charge in [0.05, 0.1) is 29.0 Å². The molecule has 2 aromatic heterocycles. The van der Waals surface area contributed by atoms with Crippen molar-refractivity contribution in [1.29, 1.82) is 0 Å². The van der Waals surface area contributed by atoms with Gasteiger partial charge in [-0.15, -0.1) is 0 Å². The average Bonchev–Trinajstić information content (AvgIpc) is 3.40. The number of H-pyrrole nitrogens is 1. The summed E-state index contributed by atoms with van der Waals surface area (Å²) in [7, 11) is 0. The zero-order valence-corrected chi connectivity index (χ0v) is 19.4. The third kappa shape index (κ3) is 3.53. The SMILES string of the molecule is CC1(CN2CCC(n3c(=O)[nH]c4ccccc43)CC2)OCc2cc(Cl)ccc2-n2cccc21. The number of ether oxygens (including phenoxy) is 1. The predicted molar refractivity (Wildman–Crippen MR) is 130 cm³/mol. The van der Waals surface area contributed by atoms with Gasteiger partial charge in [-0.2, -0.15) is 0 Å². The van der Waals surface area contributed by atoms with Gasteiger partial charge >= 0.3 is 5.69 Å². The first-order chi connectivity index (χ1) is 16.0. The topological polar surface area (TPSA) is 55.2 Å². The molecular weight excluding hydrogens is 436 g/mol. The summed E-state index contributed by atoms with van der Waals surface area (Å²) in [5.41, 5.74) is 4.82. The molecule has 0 bridgehead atoms. The molecule has 1 unspecified atom stereocenters. The fourth-order valence-electron chi connectivity index (χ4n) is 5.56. The molecule has 1 N–H and O–H groups in total. The van der Waals surface area contributed by atoms with Crippen molar-refractivity contribution >= 4 is 22.6 Å². The molecule has 170 valence electrons. The summed E-state index contributed by atoms with van der Waals surface area (Å²) in [5, 5.41) is 0.726. The standard InChI is InChI=1S/C26H27ClN4O2/c1-26(24-7-4-12-30(24)22-9-8-19(27)15-18(22)16-33-26)17-29-13-10-20(11-14-29)31-23-6-3-2-5-21(23)28-25(31)32/h2-9,12,15,20H,10-11,13-14,16-17H2,1H3,(H,28,32). The zero-order valence-electron chi connectivity index (χ0n) is 18.6. The number of aromatic nitrogens is 3. The fourth-order valence-corrected chi connectivity index (χ4v) is 5.76. The molecular formula is C26H27ClN4O2. The van der Waals surface area contributed by atoms with Gasteiger partial charge in [-0.3, -0.25) is 9.47 Å². The Kier molecular flexibility index (Phi) is 4.98. The molecule has 1 atom stereocenters. The maximum atomic E-state index is 12.6. The van der Waals surface area contributed by atoms with E-state index in [0.29, 0.717) is 6.61 Å². The maximum absolute atomic E-state index is 12.6. The van der Waals surface area contributed by atoms with E-state index in [9.17, 15) is 4.79 Å². The number of aromatic amines is 1. The molecule has 6 rings (SSSR count). The molecule has 7 heteroatoms. The molecule has 0 saturated carbocycles. The number of halogens is 1. The number of nitrogens with zero attached hydrogens (tertiary/aromatic N) is 3. The molecule has 0 spiro atoms. The summed E-state index contributed by atoms with van der Waals surface area (Å²) < 4.78 is 10.7. The number of hydrogen-bond acceptors (Lipinski definition) is 3. The minimum absolute atomic E-state index is 0.0111. The van der Waals surface area contributed by atoms with Gasteiger partial charge in [0, 0.05) is 42.5 Å². The van der Waals surface area contributed by atoms with Crippen molar-refractivity contribution in [3.63, 3.8) is 0 Å². The first-order valence-corrected chi connectivity index (χ1v) is 11.9. The number of hydrogen-bond donors (Lipinski definition) is 1. The summed E-state index contributed by atoms with van der Waals surface area (Å²) in [6.45, 7) is 5.36. The van der Waals surface area contributed by atoms with E-state index in [4.69, 9.17) is 16.3 Å². The molecule has 1 saturated heterocycles. The number of rotatable bonds is 3. The molecule has 0 aliphatic carbocycles. The van der Waals surface area contributed by atoms with E-state index >= 15 is 0 Å². The Balaban J connectivity index is 1.22. The van der Waals surface area contributed by atoms with Gasteiger partial charge in [-0.05, 0) is 62.2 Å². The van der Waals surface area contributed by atoms with Gasteiger partial charge in [0.15, 0.2) is 0 Å². The highest BCUT2D eigenvalue weighted by molar-refractivity contribution is 6.30. The van der Waals surface area contributed by atoms with E-state index in [1.807, 2.05) is 41.0 Å². The lowest BCUT2D eigenvalue weighted by Crippen LogP contribution is -2.45. The summed E-state index contributed by atoms with van der Waals surface area (Å²) in [6.07, 6.45) is 3.98. The second-order valence-electron chi connectivity index (χ2n) is 9.38. The highest BCUT2D eigenvalue weighted by Crippen LogP contribution is 2.37. The van der Waals surface area contributed by atoms with Crippen LogP contribution in [0.4, 0.5) is 0 Å². The lowest BCUT2D eigenvalue weighted by molar-refractivity contribution is -0.0734. The Bertz CT molecular complexity index is 1380. The van der Waals surface area contributed by atoms with Crippen molar-refractivity contribution in [2.24, 2.45) is 0 Å². The van der Waals surface area contributed by atoms with Crippen LogP contribution in [0.3, 0.4) is 0 Å². The quantitative estimate of drug-likeness (QED) is 0.473. The van der Waals surface area contributed by atoms with E-state index in [1.54, 1.807) is 0 Å². The summed E-state index contributed by atoms with van der Waals surface area (Å²) in [5.74, 6) is 0. The van der Waals surface area contributed by atoms with Crippen LogP contribution in [0.2, 0.25) is 5.02 Å². The smallest absolute Gasteiger partial charge is 0.326 e. The lowest BCUT2D eigenvalue weighted by Gasteiger charge is -2.39. The van der Waals surface area contributed by atoms with Crippen LogP contribution in [0.5, 0.6) is 0 Å². The van der Waals surface area contributed by atoms with Crippen molar-refractivity contribution in [2.45, 2.75) is 38.0 Å². The number of piperidine rings is 1. The molecule has 33 heavy (non-hydrogen) atoms. The minimum Gasteiger partial charge on any atom is -0.363 e. The van der Waals surface area contributed by atoms with Gasteiger partial charge < -0.3 is 14.3 Å². The number of likely N-dealkylation sites (tertiary alicyclic amines) is 1. The van der Waals surface area contributed by atoms with Crippen LogP contribution in [0, 0.1) is 0 Å². The Hall–Kier alpha value is -2.80. The molecule has 0 amide bonds. The monoisotopic (exact) mass is 462 g/mol. The van der Waals surface area contributed by atoms with Crippen LogP contribution in [0.1, 0.15) is 37.1 Å². The molecule has 6 nitrogen and oxygen atoms in total. The molecule has 2 aromatic carbocycles. The first kappa shape index (κ1) is 20.8. The number of fused-ring (bicyclic) bond motifs is 4. The molecule has 4 aromatic rings. The Morgan fingerprint density at radius 3 is 2.79 bits per heavy atom. The van der Waals surface area contributed by atoms with Crippen LogP contribution in [0.25, 0.3) is 16.7 Å². The van der Waals surface area contributed by atoms with Crippen LogP contribution in [0.15, 0.2) is 65.6 Å². The summed E-state index contributed by atoms with van der Waals surface area (Å²) in [4.78, 5) is 18.1. The van der Waals surface area contributed by atoms with E-state index in [0.717, 1.165) is 65.5 Å². The van der Waals surface area contributed by atoms with Crippen LogP contribution in [-0.2, 0) is 16.9 Å². The average molecular weight is 463 g/mol. The minimum atomic E-state index is -0.445. The van der Waals surface area contributed by atoms with Crippen LogP contribution in [-0.4, -0.2) is 38.7 Å². The van der Waals surface area contributed by atoms with Gasteiger partial charge in [-0.1, -0.05) is 23.7 Å². The van der Waals surface area contributed by atoms with Crippen molar-refractivity contribution in [2.75, 3.05) is 19.6 Å². The van der Waals surface area contributed by atoms with Gasteiger partial charge in [-0.25, -0.2) is 4.79 Å². The first-order valence-electron chi connectivity index (χ1n) is 11.5. The number of para-hydroxylation sites is 2. The Labute approximate surface area is 197 Å². The second-order valence-corrected chi connectivity index (χ2v) is 9.82. The molecule has 2 aliphatic heterocycles. The Morgan fingerprint density at radius 2 is 1.94 bits per heavy atom. The molecule has 1 fully saturated rings. The van der Waals surface area contributed by atoms with E-state index in [2.05, 4.69) is 45.8 Å². The maximum Gasteiger partial charge on any atom is 0.326 e. The predicted octanol–water partition coefficient (Wildman–Crippen LogP) is 4.86. The summed E-state index contributed by atoms with van der Waals surface area (Å²) >= 11 is 6.26. The van der Waals surface area contributed by atoms with Crippen LogP contribution < -0.4 is 5.69 Å². The third-order valence-corrected chi connectivity index (χ3v) is 7.44. The van der Waals surface area contributed by atoms with Crippen molar-refractivity contribution in [3.8, 4) is 5.69 Å². The zero-order chi connectivity index (χ0) is 22.6. The number of nitrogens with one attached hydrogen (secondary N) is 1. The fraction of sp³-hybridized carbons (Fsp3) is 0.346. The summed E-state index contributed by atoms with van der Waals surface area (Å²) in [6, 6.07) is 18.4. The van der Waals surface area contributed by atoms with Crippen LogP contribution >= 0.6 is 11.6 Å². The van der Waals surface area contributed by atoms with E-state index < -0.39 is 5.60 Å². The molecule has 2 aliphatic rings. The second kappa shape index (κ2) is 7.90. The van der Waals surface area contributed by atoms with Crippen molar-refractivity contribution in [1.82, 2.24) is 19.0 Å². The normalized spacial score (nSPS) is 21.6. The Morgan fingerprint density at radius 1 is 1.12 bits per heavy atom.